The molecule has 160 valence electrons. The molecule has 0 saturated heterocycles. The van der Waals surface area contributed by atoms with Gasteiger partial charge in [-0.05, 0) is 37.1 Å². The van der Waals surface area contributed by atoms with Crippen LogP contribution in [0.5, 0.6) is 5.75 Å². The van der Waals surface area contributed by atoms with E-state index in [0.717, 1.165) is 5.56 Å². The Kier molecular flexibility index (Phi) is 8.41. The maximum absolute atomic E-state index is 13.0. The van der Waals surface area contributed by atoms with Gasteiger partial charge in [-0.1, -0.05) is 43.7 Å². The van der Waals surface area contributed by atoms with Crippen LogP contribution < -0.4 is 15.4 Å². The number of para-hydroxylation sites is 1. The molecule has 0 aliphatic carbocycles. The van der Waals surface area contributed by atoms with Gasteiger partial charge in [0.25, 0.3) is 5.91 Å². The molecular weight excluding hydrogens is 382 g/mol. The normalized spacial score (nSPS) is 10.4. The summed E-state index contributed by atoms with van der Waals surface area (Å²) < 4.78 is 5.27. The SMILES string of the molecule is COc1ccccc1C(=O)N(CC(=O)NCC(=O)Nc1ccc(C)cc1)CC(C)C. The van der Waals surface area contributed by atoms with Crippen molar-refractivity contribution >= 4 is 23.4 Å². The van der Waals surface area contributed by atoms with Crippen molar-refractivity contribution in [1.29, 1.82) is 0 Å². The van der Waals surface area contributed by atoms with Crippen molar-refractivity contribution in [3.8, 4) is 5.75 Å². The Hall–Kier alpha value is -3.35. The lowest BCUT2D eigenvalue weighted by Crippen LogP contribution is -2.44. The Morgan fingerprint density at radius 3 is 2.30 bits per heavy atom. The lowest BCUT2D eigenvalue weighted by Gasteiger charge is -2.25. The van der Waals surface area contributed by atoms with Gasteiger partial charge >= 0.3 is 0 Å². The molecule has 7 nitrogen and oxygen atoms in total. The zero-order valence-electron chi connectivity index (χ0n) is 17.9. The van der Waals surface area contributed by atoms with Gasteiger partial charge in [0.1, 0.15) is 5.75 Å². The van der Waals surface area contributed by atoms with E-state index in [1.807, 2.05) is 32.9 Å². The summed E-state index contributed by atoms with van der Waals surface area (Å²) in [4.78, 5) is 38.9. The molecule has 7 heteroatoms. The predicted molar refractivity (Wildman–Crippen MR) is 117 cm³/mol. The maximum Gasteiger partial charge on any atom is 0.258 e. The van der Waals surface area contributed by atoms with Crippen LogP contribution >= 0.6 is 0 Å². The summed E-state index contributed by atoms with van der Waals surface area (Å²) in [5, 5.41) is 5.30. The van der Waals surface area contributed by atoms with Crippen LogP contribution in [0.1, 0.15) is 29.8 Å². The van der Waals surface area contributed by atoms with E-state index in [1.54, 1.807) is 36.4 Å². The van der Waals surface area contributed by atoms with E-state index in [9.17, 15) is 14.4 Å². The van der Waals surface area contributed by atoms with Crippen LogP contribution in [0, 0.1) is 12.8 Å². The molecule has 2 aromatic carbocycles. The van der Waals surface area contributed by atoms with Gasteiger partial charge in [-0.2, -0.15) is 0 Å². The van der Waals surface area contributed by atoms with E-state index < -0.39 is 5.91 Å². The standard InChI is InChI=1S/C23H29N3O4/c1-16(2)14-26(23(29)19-7-5-6-8-20(19)30-4)15-22(28)24-13-21(27)25-18-11-9-17(3)10-12-18/h5-12,16H,13-15H2,1-4H3,(H,24,28)(H,25,27). The first-order chi connectivity index (χ1) is 14.3. The predicted octanol–water partition coefficient (Wildman–Crippen LogP) is 2.86. The number of nitrogens with one attached hydrogen (secondary N) is 2. The van der Waals surface area contributed by atoms with Gasteiger partial charge in [0, 0.05) is 12.2 Å². The van der Waals surface area contributed by atoms with Crippen LogP contribution in [-0.4, -0.2) is 49.4 Å². The third-order valence-electron chi connectivity index (χ3n) is 4.33. The van der Waals surface area contributed by atoms with E-state index in [0.29, 0.717) is 23.5 Å². The first kappa shape index (κ1) is 22.9. The molecule has 0 atom stereocenters. The Morgan fingerprint density at radius 2 is 1.67 bits per heavy atom. The molecule has 0 unspecified atom stereocenters. The molecule has 0 fully saturated rings. The number of benzene rings is 2. The number of nitrogens with zero attached hydrogens (tertiary/aromatic N) is 1. The van der Waals surface area contributed by atoms with E-state index in [-0.39, 0.29) is 30.8 Å². The Balaban J connectivity index is 1.96. The second kappa shape index (κ2) is 11.0. The van der Waals surface area contributed by atoms with E-state index in [2.05, 4.69) is 10.6 Å². The lowest BCUT2D eigenvalue weighted by atomic mass is 10.1. The van der Waals surface area contributed by atoms with E-state index in [1.165, 1.54) is 12.0 Å². The molecular formula is C23H29N3O4. The molecule has 0 bridgehead atoms. The number of hydrogen-bond acceptors (Lipinski definition) is 4. The molecule has 0 aliphatic rings. The number of hydrogen-bond donors (Lipinski definition) is 2. The molecule has 3 amide bonds. The van der Waals surface area contributed by atoms with Gasteiger partial charge in [0.05, 0.1) is 25.8 Å². The average molecular weight is 412 g/mol. The highest BCUT2D eigenvalue weighted by Gasteiger charge is 2.22. The number of rotatable bonds is 9. The summed E-state index contributed by atoms with van der Waals surface area (Å²) in [6, 6.07) is 14.3. The molecule has 2 rings (SSSR count). The third-order valence-corrected chi connectivity index (χ3v) is 4.33. The van der Waals surface area contributed by atoms with Crippen molar-refractivity contribution in [2.75, 3.05) is 32.1 Å². The molecule has 0 aliphatic heterocycles. The molecule has 0 aromatic heterocycles. The number of carbonyl (C=O) groups excluding carboxylic acids is 3. The number of aryl methyl sites for hydroxylation is 1. The highest BCUT2D eigenvalue weighted by Crippen LogP contribution is 2.20. The topological polar surface area (TPSA) is 87.7 Å². The fraction of sp³-hybridized carbons (Fsp3) is 0.348. The van der Waals surface area contributed by atoms with Crippen LogP contribution in [0.3, 0.4) is 0 Å². The van der Waals surface area contributed by atoms with Crippen molar-refractivity contribution in [2.24, 2.45) is 5.92 Å². The van der Waals surface area contributed by atoms with Crippen LogP contribution in [0.25, 0.3) is 0 Å². The number of methoxy groups -OCH3 is 1. The van der Waals surface area contributed by atoms with Crippen molar-refractivity contribution in [2.45, 2.75) is 20.8 Å². The second-order valence-electron chi connectivity index (χ2n) is 7.47. The summed E-state index contributed by atoms with van der Waals surface area (Å²) in [6.07, 6.45) is 0. The van der Waals surface area contributed by atoms with Crippen LogP contribution in [-0.2, 0) is 9.59 Å². The quantitative estimate of drug-likeness (QED) is 0.664. The summed E-state index contributed by atoms with van der Waals surface area (Å²) in [7, 11) is 1.50. The molecule has 0 spiro atoms. The molecule has 30 heavy (non-hydrogen) atoms. The van der Waals surface area contributed by atoms with E-state index in [4.69, 9.17) is 4.74 Å². The Morgan fingerprint density at radius 1 is 1.00 bits per heavy atom. The van der Waals surface area contributed by atoms with Crippen molar-refractivity contribution in [3.05, 3.63) is 59.7 Å². The highest BCUT2D eigenvalue weighted by molar-refractivity contribution is 5.99. The van der Waals surface area contributed by atoms with Crippen molar-refractivity contribution in [3.63, 3.8) is 0 Å². The third kappa shape index (κ3) is 6.92. The van der Waals surface area contributed by atoms with Crippen LogP contribution in [0.15, 0.2) is 48.5 Å². The van der Waals surface area contributed by atoms with Gasteiger partial charge in [-0.25, -0.2) is 0 Å². The molecule has 0 heterocycles. The van der Waals surface area contributed by atoms with Gasteiger partial charge < -0.3 is 20.3 Å². The largest absolute Gasteiger partial charge is 0.496 e. The van der Waals surface area contributed by atoms with Gasteiger partial charge in [-0.3, -0.25) is 14.4 Å². The van der Waals surface area contributed by atoms with E-state index >= 15 is 0 Å². The summed E-state index contributed by atoms with van der Waals surface area (Å²) in [5.74, 6) is -0.410. The Bertz CT molecular complexity index is 878. The fourth-order valence-corrected chi connectivity index (χ4v) is 2.90. The van der Waals surface area contributed by atoms with Gasteiger partial charge in [-0.15, -0.1) is 0 Å². The van der Waals surface area contributed by atoms with Crippen molar-refractivity contribution in [1.82, 2.24) is 10.2 Å². The zero-order chi connectivity index (χ0) is 22.1. The maximum atomic E-state index is 13.0. The summed E-state index contributed by atoms with van der Waals surface area (Å²) in [6.45, 7) is 5.98. The van der Waals surface area contributed by atoms with Crippen molar-refractivity contribution < 1.29 is 19.1 Å². The number of anilines is 1. The summed E-state index contributed by atoms with van der Waals surface area (Å²) >= 11 is 0. The minimum Gasteiger partial charge on any atom is -0.496 e. The zero-order valence-corrected chi connectivity index (χ0v) is 17.9. The summed E-state index contributed by atoms with van der Waals surface area (Å²) in [5.41, 5.74) is 2.14. The monoisotopic (exact) mass is 411 g/mol. The number of ether oxygens (including phenoxy) is 1. The van der Waals surface area contributed by atoms with Gasteiger partial charge in [0.2, 0.25) is 11.8 Å². The van der Waals surface area contributed by atoms with Crippen LogP contribution in [0.2, 0.25) is 0 Å². The first-order valence-electron chi connectivity index (χ1n) is 9.85. The molecule has 2 N–H and O–H groups in total. The lowest BCUT2D eigenvalue weighted by molar-refractivity contribution is -0.124. The molecule has 0 saturated carbocycles. The highest BCUT2D eigenvalue weighted by atomic mass is 16.5. The van der Waals surface area contributed by atoms with Gasteiger partial charge in [0.15, 0.2) is 0 Å². The van der Waals surface area contributed by atoms with Crippen LogP contribution in [0.4, 0.5) is 5.69 Å². The average Bonchev–Trinajstić information content (AvgIpc) is 2.72. The number of amides is 3. The smallest absolute Gasteiger partial charge is 0.258 e. The minimum atomic E-state index is -0.405. The first-order valence-corrected chi connectivity index (χ1v) is 9.85. The molecule has 2 aromatic rings. The Labute approximate surface area is 177 Å². The second-order valence-corrected chi connectivity index (χ2v) is 7.47. The molecule has 0 radical (unpaired) electrons. The number of carbonyl (C=O) groups is 3. The minimum absolute atomic E-state index is 0.146. The fourth-order valence-electron chi connectivity index (χ4n) is 2.90.